The third kappa shape index (κ3) is 4.52. The molecule has 1 aromatic heterocycles. The number of hydrogen-bond acceptors (Lipinski definition) is 5. The van der Waals surface area contributed by atoms with Crippen LogP contribution in [0.15, 0.2) is 36.4 Å². The van der Waals surface area contributed by atoms with Crippen LogP contribution in [0.25, 0.3) is 0 Å². The Bertz CT molecular complexity index is 637. The van der Waals surface area contributed by atoms with Gasteiger partial charge in [0.25, 0.3) is 0 Å². The van der Waals surface area contributed by atoms with Crippen molar-refractivity contribution in [3.05, 3.63) is 53.5 Å². The number of likely N-dealkylation sites (N-methyl/N-ethyl adjacent to an activating group) is 1. The van der Waals surface area contributed by atoms with Gasteiger partial charge < -0.3 is 15.5 Å². The molecule has 3 rings (SSSR count). The van der Waals surface area contributed by atoms with Crippen LogP contribution in [0.2, 0.25) is 0 Å². The van der Waals surface area contributed by atoms with Crippen LogP contribution in [-0.2, 0) is 13.0 Å². The minimum Gasteiger partial charge on any atom is -0.373 e. The molecule has 5 nitrogen and oxygen atoms in total. The van der Waals surface area contributed by atoms with Crippen molar-refractivity contribution in [2.45, 2.75) is 31.8 Å². The number of hydrogen-bond donors (Lipinski definition) is 2. The second-order valence-corrected chi connectivity index (χ2v) is 6.48. The molecule has 1 saturated heterocycles. The van der Waals surface area contributed by atoms with E-state index in [1.54, 1.807) is 0 Å². The van der Waals surface area contributed by atoms with Crippen LogP contribution < -0.4 is 10.6 Å². The van der Waals surface area contributed by atoms with E-state index in [1.165, 1.54) is 12.0 Å². The lowest BCUT2D eigenvalue weighted by molar-refractivity contribution is 0.326. The van der Waals surface area contributed by atoms with Crippen molar-refractivity contribution >= 4 is 5.82 Å². The second kappa shape index (κ2) is 8.22. The molecular formula is C19H27N5. The summed E-state index contributed by atoms with van der Waals surface area (Å²) < 4.78 is 0. The Balaban J connectivity index is 1.63. The van der Waals surface area contributed by atoms with Crippen molar-refractivity contribution in [3.8, 4) is 0 Å². The molecule has 1 aliphatic rings. The van der Waals surface area contributed by atoms with Crippen molar-refractivity contribution in [1.29, 1.82) is 0 Å². The van der Waals surface area contributed by atoms with E-state index in [0.29, 0.717) is 6.04 Å². The van der Waals surface area contributed by atoms with E-state index in [2.05, 4.69) is 64.0 Å². The molecule has 0 saturated carbocycles. The van der Waals surface area contributed by atoms with Crippen molar-refractivity contribution in [1.82, 2.24) is 20.2 Å². The lowest BCUT2D eigenvalue weighted by Crippen LogP contribution is -2.23. The summed E-state index contributed by atoms with van der Waals surface area (Å²) in [5.74, 6) is 1.82. The summed E-state index contributed by atoms with van der Waals surface area (Å²) in [6, 6.07) is 13.0. The first-order chi connectivity index (χ1) is 11.7. The summed E-state index contributed by atoms with van der Waals surface area (Å²) in [5, 5.41) is 6.65. The molecule has 0 unspecified atom stereocenters. The highest BCUT2D eigenvalue weighted by atomic mass is 15.1. The van der Waals surface area contributed by atoms with E-state index < -0.39 is 0 Å². The van der Waals surface area contributed by atoms with E-state index >= 15 is 0 Å². The SMILES string of the molecule is CNc1cc(CN(C)CCc2ccccc2)nc([C@@H]2CCCN2)n1. The van der Waals surface area contributed by atoms with Gasteiger partial charge >= 0.3 is 0 Å². The van der Waals surface area contributed by atoms with Gasteiger partial charge in [0.05, 0.1) is 11.7 Å². The van der Waals surface area contributed by atoms with Gasteiger partial charge in [0.15, 0.2) is 0 Å². The van der Waals surface area contributed by atoms with Crippen molar-refractivity contribution in [3.63, 3.8) is 0 Å². The summed E-state index contributed by atoms with van der Waals surface area (Å²) in [6.07, 6.45) is 3.37. The maximum atomic E-state index is 4.80. The van der Waals surface area contributed by atoms with Crippen LogP contribution in [0.4, 0.5) is 5.82 Å². The van der Waals surface area contributed by atoms with Crippen LogP contribution >= 0.6 is 0 Å². The van der Waals surface area contributed by atoms with E-state index in [1.807, 2.05) is 7.05 Å². The number of nitrogens with zero attached hydrogens (tertiary/aromatic N) is 3. The number of rotatable bonds is 7. The summed E-state index contributed by atoms with van der Waals surface area (Å²) in [4.78, 5) is 11.8. The lowest BCUT2D eigenvalue weighted by Gasteiger charge is -2.18. The minimum absolute atomic E-state index is 0.298. The Kier molecular flexibility index (Phi) is 5.77. The Morgan fingerprint density at radius 1 is 1.25 bits per heavy atom. The zero-order valence-electron chi connectivity index (χ0n) is 14.6. The van der Waals surface area contributed by atoms with E-state index in [-0.39, 0.29) is 0 Å². The number of anilines is 1. The fraction of sp³-hybridized carbons (Fsp3) is 0.474. The zero-order chi connectivity index (χ0) is 16.8. The van der Waals surface area contributed by atoms with Gasteiger partial charge in [-0.2, -0.15) is 0 Å². The summed E-state index contributed by atoms with van der Waals surface area (Å²) in [5.41, 5.74) is 2.45. The monoisotopic (exact) mass is 325 g/mol. The highest BCUT2D eigenvalue weighted by molar-refractivity contribution is 5.35. The lowest BCUT2D eigenvalue weighted by atomic mass is 10.1. The predicted molar refractivity (Wildman–Crippen MR) is 98.0 cm³/mol. The van der Waals surface area contributed by atoms with E-state index in [9.17, 15) is 0 Å². The molecule has 128 valence electrons. The molecule has 1 atom stereocenters. The molecule has 1 fully saturated rings. The molecule has 5 heteroatoms. The molecule has 0 spiro atoms. The zero-order valence-corrected chi connectivity index (χ0v) is 14.6. The Hall–Kier alpha value is -1.98. The number of nitrogens with one attached hydrogen (secondary N) is 2. The van der Waals surface area contributed by atoms with Gasteiger partial charge in [-0.15, -0.1) is 0 Å². The van der Waals surface area contributed by atoms with Gasteiger partial charge in [0.1, 0.15) is 11.6 Å². The van der Waals surface area contributed by atoms with Crippen LogP contribution in [0.5, 0.6) is 0 Å². The molecule has 24 heavy (non-hydrogen) atoms. The molecule has 0 radical (unpaired) electrons. The van der Waals surface area contributed by atoms with Gasteiger partial charge in [0.2, 0.25) is 0 Å². The molecule has 0 amide bonds. The van der Waals surface area contributed by atoms with Crippen LogP contribution in [0.3, 0.4) is 0 Å². The Labute approximate surface area is 144 Å². The quantitative estimate of drug-likeness (QED) is 0.819. The van der Waals surface area contributed by atoms with Crippen LogP contribution in [0, 0.1) is 0 Å². The summed E-state index contributed by atoms with van der Waals surface area (Å²) in [7, 11) is 4.06. The molecule has 0 aliphatic carbocycles. The van der Waals surface area contributed by atoms with Gasteiger partial charge in [-0.3, -0.25) is 0 Å². The van der Waals surface area contributed by atoms with Crippen LogP contribution in [0.1, 0.15) is 36.0 Å². The van der Waals surface area contributed by atoms with Gasteiger partial charge in [-0.05, 0) is 38.4 Å². The molecule has 1 aromatic carbocycles. The number of benzene rings is 1. The van der Waals surface area contributed by atoms with Gasteiger partial charge in [-0.25, -0.2) is 9.97 Å². The summed E-state index contributed by atoms with van der Waals surface area (Å²) in [6.45, 7) is 2.91. The van der Waals surface area contributed by atoms with Gasteiger partial charge in [-0.1, -0.05) is 30.3 Å². The third-order valence-electron chi connectivity index (χ3n) is 4.48. The average Bonchev–Trinajstić information content (AvgIpc) is 3.15. The second-order valence-electron chi connectivity index (χ2n) is 6.48. The number of aromatic nitrogens is 2. The van der Waals surface area contributed by atoms with Crippen molar-refractivity contribution in [2.75, 3.05) is 32.5 Å². The fourth-order valence-corrected chi connectivity index (χ4v) is 3.11. The minimum atomic E-state index is 0.298. The highest BCUT2D eigenvalue weighted by Gasteiger charge is 2.20. The van der Waals surface area contributed by atoms with Crippen molar-refractivity contribution in [2.24, 2.45) is 0 Å². The van der Waals surface area contributed by atoms with E-state index in [0.717, 1.165) is 49.8 Å². The fourth-order valence-electron chi connectivity index (χ4n) is 3.11. The van der Waals surface area contributed by atoms with Crippen LogP contribution in [-0.4, -0.2) is 42.1 Å². The molecule has 2 N–H and O–H groups in total. The molecular weight excluding hydrogens is 298 g/mol. The average molecular weight is 325 g/mol. The topological polar surface area (TPSA) is 53.1 Å². The first-order valence-electron chi connectivity index (χ1n) is 8.76. The predicted octanol–water partition coefficient (Wildman–Crippen LogP) is 2.62. The smallest absolute Gasteiger partial charge is 0.147 e. The molecule has 2 heterocycles. The maximum absolute atomic E-state index is 4.80. The standard InChI is InChI=1S/C19H27N5/c1-20-18-13-16(22-19(23-18)17-9-6-11-21-17)14-24(2)12-10-15-7-4-3-5-8-15/h3-5,7-8,13,17,21H,6,9-12,14H2,1-2H3,(H,20,22,23)/t17-/m0/s1. The normalized spacial score (nSPS) is 17.4. The van der Waals surface area contributed by atoms with Gasteiger partial charge in [0, 0.05) is 26.2 Å². The Morgan fingerprint density at radius 2 is 2.08 bits per heavy atom. The molecule has 2 aromatic rings. The highest BCUT2D eigenvalue weighted by Crippen LogP contribution is 2.21. The van der Waals surface area contributed by atoms with Crippen molar-refractivity contribution < 1.29 is 0 Å². The largest absolute Gasteiger partial charge is 0.373 e. The first kappa shape index (κ1) is 16.9. The molecule has 0 bridgehead atoms. The third-order valence-corrected chi connectivity index (χ3v) is 4.48. The Morgan fingerprint density at radius 3 is 2.79 bits per heavy atom. The van der Waals surface area contributed by atoms with E-state index in [4.69, 9.17) is 4.98 Å². The first-order valence-corrected chi connectivity index (χ1v) is 8.76. The summed E-state index contributed by atoms with van der Waals surface area (Å²) >= 11 is 0. The maximum Gasteiger partial charge on any atom is 0.147 e. The molecule has 1 aliphatic heterocycles.